The van der Waals surface area contributed by atoms with Crippen LogP contribution in [0.1, 0.15) is 18.9 Å². The SMILES string of the molecule is COc1cccc(CCC(C)CCl)c1F. The lowest BCUT2D eigenvalue weighted by atomic mass is 10.0. The van der Waals surface area contributed by atoms with Crippen LogP contribution in [-0.2, 0) is 6.42 Å². The fraction of sp³-hybridized carbons (Fsp3) is 0.500. The third-order valence-corrected chi connectivity index (χ3v) is 2.96. The molecule has 3 heteroatoms. The second-order valence-electron chi connectivity index (χ2n) is 3.73. The van der Waals surface area contributed by atoms with Gasteiger partial charge in [-0.15, -0.1) is 11.6 Å². The van der Waals surface area contributed by atoms with Crippen LogP contribution in [0, 0.1) is 11.7 Å². The molecule has 0 saturated carbocycles. The first-order valence-electron chi connectivity index (χ1n) is 5.06. The van der Waals surface area contributed by atoms with Crippen molar-refractivity contribution in [3.8, 4) is 5.75 Å². The molecule has 1 atom stereocenters. The van der Waals surface area contributed by atoms with Crippen molar-refractivity contribution in [2.45, 2.75) is 19.8 Å². The number of aryl methyl sites for hydroxylation is 1. The quantitative estimate of drug-likeness (QED) is 0.702. The summed E-state index contributed by atoms with van der Waals surface area (Å²) in [5, 5.41) is 0. The molecule has 0 heterocycles. The van der Waals surface area contributed by atoms with Crippen molar-refractivity contribution in [3.05, 3.63) is 29.6 Å². The van der Waals surface area contributed by atoms with Crippen LogP contribution in [0.15, 0.2) is 18.2 Å². The van der Waals surface area contributed by atoms with Crippen molar-refractivity contribution < 1.29 is 9.13 Å². The van der Waals surface area contributed by atoms with Gasteiger partial charge in [0.2, 0.25) is 0 Å². The molecule has 0 radical (unpaired) electrons. The van der Waals surface area contributed by atoms with E-state index in [2.05, 4.69) is 6.92 Å². The third-order valence-electron chi connectivity index (χ3n) is 2.43. The Morgan fingerprint density at radius 1 is 1.47 bits per heavy atom. The monoisotopic (exact) mass is 230 g/mol. The molecule has 0 aliphatic carbocycles. The molecule has 0 bridgehead atoms. The molecule has 0 spiro atoms. The van der Waals surface area contributed by atoms with Crippen molar-refractivity contribution >= 4 is 11.6 Å². The van der Waals surface area contributed by atoms with E-state index in [1.54, 1.807) is 12.1 Å². The number of rotatable bonds is 5. The van der Waals surface area contributed by atoms with Gasteiger partial charge in [-0.2, -0.15) is 0 Å². The minimum atomic E-state index is -0.248. The zero-order chi connectivity index (χ0) is 11.3. The number of hydrogen-bond donors (Lipinski definition) is 0. The van der Waals surface area contributed by atoms with Crippen LogP contribution in [0.4, 0.5) is 4.39 Å². The standard InChI is InChI=1S/C12H16ClFO/c1-9(8-13)6-7-10-4-3-5-11(15-2)12(10)14/h3-5,9H,6-8H2,1-2H3. The summed E-state index contributed by atoms with van der Waals surface area (Å²) >= 11 is 5.70. The second-order valence-corrected chi connectivity index (χ2v) is 4.04. The lowest BCUT2D eigenvalue weighted by molar-refractivity contribution is 0.383. The summed E-state index contributed by atoms with van der Waals surface area (Å²) in [4.78, 5) is 0. The van der Waals surface area contributed by atoms with Crippen LogP contribution in [0.5, 0.6) is 5.75 Å². The van der Waals surface area contributed by atoms with Crippen molar-refractivity contribution in [2.75, 3.05) is 13.0 Å². The van der Waals surface area contributed by atoms with Gasteiger partial charge in [-0.3, -0.25) is 0 Å². The third kappa shape index (κ3) is 3.38. The molecule has 0 aromatic heterocycles. The molecule has 1 nitrogen and oxygen atoms in total. The number of alkyl halides is 1. The number of ether oxygens (including phenoxy) is 1. The molecule has 0 amide bonds. The van der Waals surface area contributed by atoms with E-state index >= 15 is 0 Å². The fourth-order valence-corrected chi connectivity index (χ4v) is 1.54. The Labute approximate surface area is 95.2 Å². The van der Waals surface area contributed by atoms with Crippen LogP contribution in [0.25, 0.3) is 0 Å². The molecular weight excluding hydrogens is 215 g/mol. The smallest absolute Gasteiger partial charge is 0.168 e. The molecule has 1 rings (SSSR count). The molecule has 1 aromatic rings. The van der Waals surface area contributed by atoms with E-state index in [4.69, 9.17) is 16.3 Å². The fourth-order valence-electron chi connectivity index (χ4n) is 1.39. The highest BCUT2D eigenvalue weighted by atomic mass is 35.5. The summed E-state index contributed by atoms with van der Waals surface area (Å²) in [6, 6.07) is 5.23. The Kier molecular flexibility index (Phi) is 4.89. The predicted octanol–water partition coefficient (Wildman–Crippen LogP) is 3.64. The largest absolute Gasteiger partial charge is 0.494 e. The number of halogens is 2. The molecule has 0 aliphatic rings. The zero-order valence-electron chi connectivity index (χ0n) is 9.09. The molecule has 15 heavy (non-hydrogen) atoms. The first kappa shape index (κ1) is 12.3. The van der Waals surface area contributed by atoms with Crippen LogP contribution >= 0.6 is 11.6 Å². The second kappa shape index (κ2) is 5.96. The van der Waals surface area contributed by atoms with Gasteiger partial charge in [0.25, 0.3) is 0 Å². The van der Waals surface area contributed by atoms with Crippen molar-refractivity contribution in [1.29, 1.82) is 0 Å². The van der Waals surface area contributed by atoms with Gasteiger partial charge in [-0.05, 0) is 30.4 Å². The molecular formula is C12H16ClFO. The summed E-state index contributed by atoms with van der Waals surface area (Å²) in [5.74, 6) is 1.09. The summed E-state index contributed by atoms with van der Waals surface area (Å²) in [5.41, 5.74) is 0.700. The summed E-state index contributed by atoms with van der Waals surface area (Å²) in [6.45, 7) is 2.06. The molecule has 0 saturated heterocycles. The maximum Gasteiger partial charge on any atom is 0.168 e. The summed E-state index contributed by atoms with van der Waals surface area (Å²) in [6.07, 6.45) is 1.60. The van der Waals surface area contributed by atoms with Gasteiger partial charge in [-0.1, -0.05) is 19.1 Å². The Morgan fingerprint density at radius 3 is 2.80 bits per heavy atom. The number of hydrogen-bond acceptors (Lipinski definition) is 1. The Morgan fingerprint density at radius 2 is 2.20 bits per heavy atom. The van der Waals surface area contributed by atoms with Crippen LogP contribution in [0.2, 0.25) is 0 Å². The lowest BCUT2D eigenvalue weighted by Crippen LogP contribution is -2.01. The van der Waals surface area contributed by atoms with Gasteiger partial charge >= 0.3 is 0 Å². The molecule has 0 aliphatic heterocycles. The maximum absolute atomic E-state index is 13.7. The average Bonchev–Trinajstić information content (AvgIpc) is 2.27. The van der Waals surface area contributed by atoms with Gasteiger partial charge in [0.1, 0.15) is 0 Å². The summed E-state index contributed by atoms with van der Waals surface area (Å²) in [7, 11) is 1.48. The lowest BCUT2D eigenvalue weighted by Gasteiger charge is -2.09. The normalized spacial score (nSPS) is 12.5. The van der Waals surface area contributed by atoms with E-state index < -0.39 is 0 Å². The van der Waals surface area contributed by atoms with Crippen molar-refractivity contribution in [1.82, 2.24) is 0 Å². The van der Waals surface area contributed by atoms with Gasteiger partial charge in [0, 0.05) is 5.88 Å². The van der Waals surface area contributed by atoms with Crippen molar-refractivity contribution in [2.24, 2.45) is 5.92 Å². The molecule has 0 N–H and O–H groups in total. The Balaban J connectivity index is 2.68. The van der Waals surface area contributed by atoms with Crippen LogP contribution in [-0.4, -0.2) is 13.0 Å². The molecule has 1 aromatic carbocycles. The minimum absolute atomic E-state index is 0.248. The van der Waals surface area contributed by atoms with Crippen LogP contribution in [0.3, 0.4) is 0 Å². The Hall–Kier alpha value is -0.760. The predicted molar refractivity (Wildman–Crippen MR) is 61.2 cm³/mol. The van der Waals surface area contributed by atoms with E-state index in [9.17, 15) is 4.39 Å². The first-order valence-corrected chi connectivity index (χ1v) is 5.59. The average molecular weight is 231 g/mol. The van der Waals surface area contributed by atoms with E-state index in [-0.39, 0.29) is 5.82 Å². The topological polar surface area (TPSA) is 9.23 Å². The first-order chi connectivity index (χ1) is 7.19. The molecule has 1 unspecified atom stereocenters. The molecule has 0 fully saturated rings. The van der Waals surface area contributed by atoms with E-state index in [0.29, 0.717) is 29.5 Å². The zero-order valence-corrected chi connectivity index (χ0v) is 9.85. The van der Waals surface area contributed by atoms with Crippen molar-refractivity contribution in [3.63, 3.8) is 0 Å². The van der Waals surface area contributed by atoms with Gasteiger partial charge in [-0.25, -0.2) is 4.39 Å². The highest BCUT2D eigenvalue weighted by molar-refractivity contribution is 6.18. The van der Waals surface area contributed by atoms with E-state index in [0.717, 1.165) is 6.42 Å². The highest BCUT2D eigenvalue weighted by Gasteiger charge is 2.09. The van der Waals surface area contributed by atoms with Crippen LogP contribution < -0.4 is 4.74 Å². The maximum atomic E-state index is 13.7. The molecule has 84 valence electrons. The van der Waals surface area contributed by atoms with Gasteiger partial charge < -0.3 is 4.74 Å². The highest BCUT2D eigenvalue weighted by Crippen LogP contribution is 2.22. The van der Waals surface area contributed by atoms with E-state index in [1.807, 2.05) is 6.07 Å². The van der Waals surface area contributed by atoms with E-state index in [1.165, 1.54) is 7.11 Å². The Bertz CT molecular complexity index is 314. The number of methoxy groups -OCH3 is 1. The summed E-state index contributed by atoms with van der Waals surface area (Å²) < 4.78 is 18.6. The van der Waals surface area contributed by atoms with Gasteiger partial charge in [0.05, 0.1) is 7.11 Å². The minimum Gasteiger partial charge on any atom is -0.494 e. The van der Waals surface area contributed by atoms with Gasteiger partial charge in [0.15, 0.2) is 11.6 Å². The number of benzene rings is 1.